The number of rotatable bonds is 1. The number of aromatic nitrogens is 2. The summed E-state index contributed by atoms with van der Waals surface area (Å²) < 4.78 is 26.6. The Kier molecular flexibility index (Phi) is 2.02. The van der Waals surface area contributed by atoms with Gasteiger partial charge in [0.05, 0.1) is 19.3 Å². The molecule has 0 aliphatic carbocycles. The lowest BCUT2D eigenvalue weighted by Gasteiger charge is -2.38. The van der Waals surface area contributed by atoms with Crippen LogP contribution in [0.2, 0.25) is 0 Å². The number of carbonyl (C=O) groups is 1. The number of alkyl halides is 2. The number of nitrogens with zero attached hydrogens (tertiary/aromatic N) is 3. The summed E-state index contributed by atoms with van der Waals surface area (Å²) in [5.74, 6) is -3.10. The van der Waals surface area contributed by atoms with Gasteiger partial charge in [-0.05, 0) is 12.5 Å². The Morgan fingerprint density at radius 3 is 2.53 bits per heavy atom. The average Bonchev–Trinajstić information content (AvgIpc) is 2.41. The van der Waals surface area contributed by atoms with E-state index in [-0.39, 0.29) is 5.91 Å². The van der Waals surface area contributed by atoms with Crippen LogP contribution in [0.1, 0.15) is 16.1 Å². The lowest BCUT2D eigenvalue weighted by molar-refractivity contribution is -0.113. The van der Waals surface area contributed by atoms with Crippen molar-refractivity contribution >= 4 is 5.91 Å². The maximum absolute atomic E-state index is 12.6. The van der Waals surface area contributed by atoms with Crippen molar-refractivity contribution in [2.45, 2.75) is 12.8 Å². The molecule has 4 nitrogen and oxygen atoms in total. The summed E-state index contributed by atoms with van der Waals surface area (Å²) in [6, 6.07) is 0. The molecular formula is C9H11F2N3O. The van der Waals surface area contributed by atoms with Gasteiger partial charge in [-0.2, -0.15) is 5.10 Å². The lowest BCUT2D eigenvalue weighted by atomic mass is 10.1. The number of aryl methyl sites for hydroxylation is 2. The van der Waals surface area contributed by atoms with Crippen LogP contribution in [-0.4, -0.2) is 39.6 Å². The highest BCUT2D eigenvalue weighted by molar-refractivity contribution is 5.94. The molecule has 1 fully saturated rings. The van der Waals surface area contributed by atoms with Crippen LogP contribution >= 0.6 is 0 Å². The Balaban J connectivity index is 2.17. The van der Waals surface area contributed by atoms with E-state index in [1.54, 1.807) is 20.2 Å². The second-order valence-corrected chi connectivity index (χ2v) is 3.82. The smallest absolute Gasteiger partial charge is 0.282 e. The number of hydrogen-bond donors (Lipinski definition) is 0. The summed E-state index contributed by atoms with van der Waals surface area (Å²) in [4.78, 5) is 12.9. The van der Waals surface area contributed by atoms with Gasteiger partial charge >= 0.3 is 0 Å². The summed E-state index contributed by atoms with van der Waals surface area (Å²) >= 11 is 0. The highest BCUT2D eigenvalue weighted by atomic mass is 19.3. The van der Waals surface area contributed by atoms with Gasteiger partial charge in [0.15, 0.2) is 0 Å². The Bertz CT molecular complexity index is 386. The zero-order chi connectivity index (χ0) is 11.2. The number of hydrogen-bond acceptors (Lipinski definition) is 2. The summed E-state index contributed by atoms with van der Waals surface area (Å²) in [7, 11) is 1.62. The van der Waals surface area contributed by atoms with Crippen LogP contribution in [0, 0.1) is 6.92 Å². The average molecular weight is 215 g/mol. The zero-order valence-electron chi connectivity index (χ0n) is 8.50. The van der Waals surface area contributed by atoms with E-state index in [9.17, 15) is 13.6 Å². The van der Waals surface area contributed by atoms with E-state index in [4.69, 9.17) is 0 Å². The van der Waals surface area contributed by atoms with E-state index in [0.717, 1.165) is 4.90 Å². The number of halogens is 2. The first-order valence-corrected chi connectivity index (χ1v) is 4.56. The van der Waals surface area contributed by atoms with E-state index in [1.165, 1.54) is 4.68 Å². The zero-order valence-corrected chi connectivity index (χ0v) is 8.50. The molecule has 2 heterocycles. The topological polar surface area (TPSA) is 38.1 Å². The first-order valence-electron chi connectivity index (χ1n) is 4.56. The lowest BCUT2D eigenvalue weighted by Crippen LogP contribution is -2.58. The molecule has 0 bridgehead atoms. The van der Waals surface area contributed by atoms with Crippen LogP contribution in [0.15, 0.2) is 6.20 Å². The molecule has 1 aliphatic heterocycles. The van der Waals surface area contributed by atoms with Crippen molar-refractivity contribution in [1.29, 1.82) is 0 Å². The van der Waals surface area contributed by atoms with Gasteiger partial charge in [-0.15, -0.1) is 0 Å². The molecule has 6 heteroatoms. The number of likely N-dealkylation sites (tertiary alicyclic amines) is 1. The quantitative estimate of drug-likeness (QED) is 0.695. The van der Waals surface area contributed by atoms with Crippen LogP contribution in [-0.2, 0) is 7.05 Å². The van der Waals surface area contributed by atoms with Gasteiger partial charge in [0, 0.05) is 7.05 Å². The largest absolute Gasteiger partial charge is 0.325 e. The minimum absolute atomic E-state index is 0.376. The first kappa shape index (κ1) is 10.1. The van der Waals surface area contributed by atoms with E-state index in [1.807, 2.05) is 0 Å². The molecule has 82 valence electrons. The van der Waals surface area contributed by atoms with E-state index in [0.29, 0.717) is 11.3 Å². The minimum Gasteiger partial charge on any atom is -0.325 e. The van der Waals surface area contributed by atoms with Crippen molar-refractivity contribution in [3.05, 3.63) is 17.5 Å². The van der Waals surface area contributed by atoms with Gasteiger partial charge < -0.3 is 4.90 Å². The second-order valence-electron chi connectivity index (χ2n) is 3.82. The normalized spacial score (nSPS) is 18.8. The highest BCUT2D eigenvalue weighted by Crippen LogP contribution is 2.28. The molecule has 0 atom stereocenters. The van der Waals surface area contributed by atoms with Gasteiger partial charge in [-0.1, -0.05) is 0 Å². The number of amides is 1. The molecule has 1 saturated heterocycles. The van der Waals surface area contributed by atoms with Crippen molar-refractivity contribution < 1.29 is 13.6 Å². The van der Waals surface area contributed by atoms with E-state index in [2.05, 4.69) is 5.10 Å². The fourth-order valence-corrected chi connectivity index (χ4v) is 1.66. The van der Waals surface area contributed by atoms with Crippen molar-refractivity contribution in [3.63, 3.8) is 0 Å². The van der Waals surface area contributed by atoms with Gasteiger partial charge in [-0.3, -0.25) is 9.48 Å². The minimum atomic E-state index is -2.72. The fraction of sp³-hybridized carbons (Fsp3) is 0.556. The van der Waals surface area contributed by atoms with Crippen LogP contribution in [0.25, 0.3) is 0 Å². The van der Waals surface area contributed by atoms with Gasteiger partial charge in [0.2, 0.25) is 0 Å². The Labute approximate surface area is 85.5 Å². The molecule has 0 N–H and O–H groups in total. The molecule has 0 radical (unpaired) electrons. The Morgan fingerprint density at radius 2 is 2.13 bits per heavy atom. The molecule has 0 aromatic carbocycles. The SMILES string of the molecule is Cc1cnn(C)c1C(=O)N1CC(F)(F)C1. The van der Waals surface area contributed by atoms with Crippen LogP contribution in [0.4, 0.5) is 8.78 Å². The first-order chi connectivity index (χ1) is 6.91. The molecular weight excluding hydrogens is 204 g/mol. The standard InChI is InChI=1S/C9H11F2N3O/c1-6-3-12-13(2)7(6)8(15)14-4-9(10,11)5-14/h3H,4-5H2,1-2H3. The summed E-state index contributed by atoms with van der Waals surface area (Å²) in [5, 5.41) is 3.90. The fourth-order valence-electron chi connectivity index (χ4n) is 1.66. The molecule has 0 saturated carbocycles. The summed E-state index contributed by atoms with van der Waals surface area (Å²) in [6.45, 7) is 0.755. The maximum atomic E-state index is 12.6. The van der Waals surface area contributed by atoms with Gasteiger partial charge in [-0.25, -0.2) is 8.78 Å². The predicted molar refractivity (Wildman–Crippen MR) is 48.8 cm³/mol. The van der Waals surface area contributed by atoms with Crippen molar-refractivity contribution in [3.8, 4) is 0 Å². The molecule has 0 spiro atoms. The second kappa shape index (κ2) is 3.01. The summed E-state index contributed by atoms with van der Waals surface area (Å²) in [6.07, 6.45) is 1.55. The molecule has 1 aliphatic rings. The predicted octanol–water partition coefficient (Wildman–Crippen LogP) is 0.820. The number of carbonyl (C=O) groups excluding carboxylic acids is 1. The van der Waals surface area contributed by atoms with Gasteiger partial charge in [0.1, 0.15) is 5.69 Å². The Hall–Kier alpha value is -1.46. The third-order valence-corrected chi connectivity index (χ3v) is 2.46. The molecule has 2 rings (SSSR count). The molecule has 0 unspecified atom stereocenters. The third-order valence-electron chi connectivity index (χ3n) is 2.46. The molecule has 1 aromatic rings. The van der Waals surface area contributed by atoms with E-state index < -0.39 is 19.0 Å². The maximum Gasteiger partial charge on any atom is 0.282 e. The monoisotopic (exact) mass is 215 g/mol. The molecule has 15 heavy (non-hydrogen) atoms. The molecule has 1 amide bonds. The van der Waals surface area contributed by atoms with Crippen molar-refractivity contribution in [2.24, 2.45) is 7.05 Å². The van der Waals surface area contributed by atoms with Crippen LogP contribution in [0.5, 0.6) is 0 Å². The Morgan fingerprint density at radius 1 is 1.53 bits per heavy atom. The van der Waals surface area contributed by atoms with Gasteiger partial charge in [0.25, 0.3) is 11.8 Å². The third kappa shape index (κ3) is 1.60. The summed E-state index contributed by atoms with van der Waals surface area (Å²) in [5.41, 5.74) is 1.09. The van der Waals surface area contributed by atoms with Crippen molar-refractivity contribution in [2.75, 3.05) is 13.1 Å². The van der Waals surface area contributed by atoms with Crippen LogP contribution in [0.3, 0.4) is 0 Å². The molecule has 1 aromatic heterocycles. The van der Waals surface area contributed by atoms with Crippen LogP contribution < -0.4 is 0 Å². The van der Waals surface area contributed by atoms with Crippen molar-refractivity contribution in [1.82, 2.24) is 14.7 Å². The van der Waals surface area contributed by atoms with E-state index >= 15 is 0 Å². The highest BCUT2D eigenvalue weighted by Gasteiger charge is 2.47.